The van der Waals surface area contributed by atoms with Gasteiger partial charge in [0.1, 0.15) is 5.75 Å². The minimum atomic E-state index is 0.407. The Kier molecular flexibility index (Phi) is 5.99. The maximum Gasteiger partial charge on any atom is 0.115 e. The van der Waals surface area contributed by atoms with E-state index in [1.54, 1.807) is 6.07 Å². The number of likely N-dealkylation sites (tertiary alicyclic amines) is 1. The van der Waals surface area contributed by atoms with Crippen molar-refractivity contribution in [1.29, 1.82) is 0 Å². The van der Waals surface area contributed by atoms with Crippen LogP contribution in [0.1, 0.15) is 69.8 Å². The second-order valence-corrected chi connectivity index (χ2v) is 7.91. The molecule has 0 spiro atoms. The zero-order chi connectivity index (χ0) is 16.1. The van der Waals surface area contributed by atoms with E-state index in [4.69, 9.17) is 0 Å². The highest BCUT2D eigenvalue weighted by atomic mass is 16.3. The predicted octanol–water partition coefficient (Wildman–Crippen LogP) is 5.18. The number of nitrogens with zero attached hydrogens (tertiary/aromatic N) is 1. The van der Waals surface area contributed by atoms with Crippen molar-refractivity contribution in [2.24, 2.45) is 11.8 Å². The summed E-state index contributed by atoms with van der Waals surface area (Å²) >= 11 is 0. The molecule has 1 saturated heterocycles. The number of hydrogen-bond acceptors (Lipinski definition) is 2. The molecule has 0 bridgehead atoms. The summed E-state index contributed by atoms with van der Waals surface area (Å²) in [5, 5.41) is 9.71. The van der Waals surface area contributed by atoms with Crippen molar-refractivity contribution in [1.82, 2.24) is 4.90 Å². The Balaban J connectivity index is 1.43. The summed E-state index contributed by atoms with van der Waals surface area (Å²) in [6.07, 6.45) is 11.4. The molecule has 1 aromatic rings. The van der Waals surface area contributed by atoms with Gasteiger partial charge in [0.2, 0.25) is 0 Å². The Hall–Kier alpha value is -1.02. The van der Waals surface area contributed by atoms with Crippen LogP contribution in [0, 0.1) is 11.8 Å². The summed E-state index contributed by atoms with van der Waals surface area (Å²) in [6.45, 7) is 6.09. The molecule has 128 valence electrons. The van der Waals surface area contributed by atoms with Crippen LogP contribution in [0.25, 0.3) is 0 Å². The fourth-order valence-electron chi connectivity index (χ4n) is 4.77. The highest BCUT2D eigenvalue weighted by molar-refractivity contribution is 5.30. The minimum absolute atomic E-state index is 0.407. The van der Waals surface area contributed by atoms with Crippen LogP contribution in [0.5, 0.6) is 5.75 Å². The van der Waals surface area contributed by atoms with Gasteiger partial charge in [-0.3, -0.25) is 0 Å². The van der Waals surface area contributed by atoms with Crippen molar-refractivity contribution >= 4 is 0 Å². The third-order valence-electron chi connectivity index (χ3n) is 6.10. The van der Waals surface area contributed by atoms with Crippen LogP contribution in [-0.2, 0) is 0 Å². The Morgan fingerprint density at radius 2 is 1.96 bits per heavy atom. The second-order valence-electron chi connectivity index (χ2n) is 7.91. The minimum Gasteiger partial charge on any atom is -0.508 e. The van der Waals surface area contributed by atoms with E-state index in [0.717, 1.165) is 5.92 Å². The topological polar surface area (TPSA) is 23.5 Å². The SMILES string of the molecule is CC1CN(CCCC2CCCCC2)CCC1c1cccc(O)c1. The van der Waals surface area contributed by atoms with Crippen LogP contribution >= 0.6 is 0 Å². The van der Waals surface area contributed by atoms with E-state index in [-0.39, 0.29) is 0 Å². The van der Waals surface area contributed by atoms with Crippen molar-refractivity contribution in [3.05, 3.63) is 29.8 Å². The van der Waals surface area contributed by atoms with Gasteiger partial charge in [0.25, 0.3) is 0 Å². The molecule has 0 radical (unpaired) electrons. The van der Waals surface area contributed by atoms with Crippen molar-refractivity contribution in [3.8, 4) is 5.75 Å². The van der Waals surface area contributed by atoms with Crippen LogP contribution < -0.4 is 0 Å². The molecule has 0 aromatic heterocycles. The van der Waals surface area contributed by atoms with E-state index in [2.05, 4.69) is 17.9 Å². The first-order valence-electron chi connectivity index (χ1n) is 9.73. The van der Waals surface area contributed by atoms with E-state index >= 15 is 0 Å². The van der Waals surface area contributed by atoms with Crippen molar-refractivity contribution in [2.75, 3.05) is 19.6 Å². The van der Waals surface area contributed by atoms with Gasteiger partial charge in [-0.15, -0.1) is 0 Å². The summed E-state index contributed by atoms with van der Waals surface area (Å²) < 4.78 is 0. The number of phenols is 1. The molecule has 1 aromatic carbocycles. The third kappa shape index (κ3) is 4.73. The van der Waals surface area contributed by atoms with E-state index < -0.39 is 0 Å². The van der Waals surface area contributed by atoms with Crippen LogP contribution in [0.15, 0.2) is 24.3 Å². The summed E-state index contributed by atoms with van der Waals surface area (Å²) in [5.74, 6) is 2.72. The molecular weight excluding hydrogens is 282 g/mol. The summed E-state index contributed by atoms with van der Waals surface area (Å²) in [7, 11) is 0. The standard InChI is InChI=1S/C21H33NO/c1-17-16-22(13-6-9-18-7-3-2-4-8-18)14-12-21(17)19-10-5-11-20(23)15-19/h5,10-11,15,17-18,21,23H,2-4,6-9,12-14,16H2,1H3. The number of hydrogen-bond donors (Lipinski definition) is 1. The molecule has 2 aliphatic rings. The highest BCUT2D eigenvalue weighted by Gasteiger charge is 2.27. The molecule has 2 unspecified atom stereocenters. The quantitative estimate of drug-likeness (QED) is 0.809. The largest absolute Gasteiger partial charge is 0.508 e. The summed E-state index contributed by atoms with van der Waals surface area (Å²) in [5.41, 5.74) is 1.32. The maximum atomic E-state index is 9.71. The lowest BCUT2D eigenvalue weighted by Gasteiger charge is -2.37. The lowest BCUT2D eigenvalue weighted by molar-refractivity contribution is 0.156. The van der Waals surface area contributed by atoms with Crippen molar-refractivity contribution < 1.29 is 5.11 Å². The molecule has 2 fully saturated rings. The zero-order valence-corrected chi connectivity index (χ0v) is 14.7. The summed E-state index contributed by atoms with van der Waals surface area (Å²) in [4.78, 5) is 2.67. The number of piperidine rings is 1. The third-order valence-corrected chi connectivity index (χ3v) is 6.10. The average molecular weight is 316 g/mol. The van der Waals surface area contributed by atoms with Crippen molar-refractivity contribution in [3.63, 3.8) is 0 Å². The molecular formula is C21H33NO. The van der Waals surface area contributed by atoms with Gasteiger partial charge in [0.15, 0.2) is 0 Å². The van der Waals surface area contributed by atoms with Gasteiger partial charge < -0.3 is 10.0 Å². The van der Waals surface area contributed by atoms with Crippen LogP contribution in [0.3, 0.4) is 0 Å². The Morgan fingerprint density at radius 3 is 2.70 bits per heavy atom. The molecule has 2 heteroatoms. The molecule has 0 amide bonds. The Labute approximate surface area is 141 Å². The fourth-order valence-corrected chi connectivity index (χ4v) is 4.77. The molecule has 1 heterocycles. The first-order valence-corrected chi connectivity index (χ1v) is 9.73. The zero-order valence-electron chi connectivity index (χ0n) is 14.7. The van der Waals surface area contributed by atoms with Gasteiger partial charge in [-0.05, 0) is 67.8 Å². The van der Waals surface area contributed by atoms with Gasteiger partial charge in [-0.1, -0.05) is 51.2 Å². The Bertz CT molecular complexity index is 480. The number of aromatic hydroxyl groups is 1. The van der Waals surface area contributed by atoms with E-state index in [1.807, 2.05) is 12.1 Å². The van der Waals surface area contributed by atoms with Gasteiger partial charge >= 0.3 is 0 Å². The highest BCUT2D eigenvalue weighted by Crippen LogP contribution is 2.34. The maximum absolute atomic E-state index is 9.71. The van der Waals surface area contributed by atoms with E-state index in [0.29, 0.717) is 17.6 Å². The van der Waals surface area contributed by atoms with E-state index in [9.17, 15) is 5.11 Å². The lowest BCUT2D eigenvalue weighted by atomic mass is 9.81. The van der Waals surface area contributed by atoms with E-state index in [1.165, 1.54) is 76.6 Å². The van der Waals surface area contributed by atoms with Crippen LogP contribution in [0.4, 0.5) is 0 Å². The number of phenolic OH excluding ortho intramolecular Hbond substituents is 1. The van der Waals surface area contributed by atoms with Crippen LogP contribution in [0.2, 0.25) is 0 Å². The molecule has 3 rings (SSSR count). The van der Waals surface area contributed by atoms with Gasteiger partial charge in [0.05, 0.1) is 0 Å². The molecule has 2 atom stereocenters. The molecule has 1 aliphatic heterocycles. The van der Waals surface area contributed by atoms with Gasteiger partial charge in [0, 0.05) is 6.54 Å². The number of rotatable bonds is 5. The number of benzene rings is 1. The molecule has 1 saturated carbocycles. The summed E-state index contributed by atoms with van der Waals surface area (Å²) in [6, 6.07) is 7.89. The van der Waals surface area contributed by atoms with Crippen LogP contribution in [-0.4, -0.2) is 29.6 Å². The fraction of sp³-hybridized carbons (Fsp3) is 0.714. The smallest absolute Gasteiger partial charge is 0.115 e. The lowest BCUT2D eigenvalue weighted by Crippen LogP contribution is -2.39. The van der Waals surface area contributed by atoms with Crippen molar-refractivity contribution in [2.45, 2.75) is 64.2 Å². The predicted molar refractivity (Wildman–Crippen MR) is 96.9 cm³/mol. The molecule has 1 aliphatic carbocycles. The first kappa shape index (κ1) is 16.8. The second kappa shape index (κ2) is 8.19. The monoisotopic (exact) mass is 315 g/mol. The first-order chi connectivity index (χ1) is 11.2. The molecule has 2 nitrogen and oxygen atoms in total. The average Bonchev–Trinajstić information content (AvgIpc) is 2.56. The Morgan fingerprint density at radius 1 is 1.13 bits per heavy atom. The molecule has 23 heavy (non-hydrogen) atoms. The van der Waals surface area contributed by atoms with Gasteiger partial charge in [-0.2, -0.15) is 0 Å². The normalized spacial score (nSPS) is 27.2. The molecule has 1 N–H and O–H groups in total. The van der Waals surface area contributed by atoms with Gasteiger partial charge in [-0.25, -0.2) is 0 Å².